The van der Waals surface area contributed by atoms with E-state index in [9.17, 15) is 9.90 Å². The summed E-state index contributed by atoms with van der Waals surface area (Å²) in [6.45, 7) is -0.214. The number of phenolic OH excluding ortho intramolecular Hbond substituents is 1. The van der Waals surface area contributed by atoms with Gasteiger partial charge < -0.3 is 15.5 Å². The van der Waals surface area contributed by atoms with E-state index in [2.05, 4.69) is 17.2 Å². The molecule has 0 aromatic heterocycles. The van der Waals surface area contributed by atoms with Crippen molar-refractivity contribution < 1.29 is 15.0 Å². The lowest BCUT2D eigenvalue weighted by atomic mass is 10.1. The second-order valence-electron chi connectivity index (χ2n) is 4.01. The predicted octanol–water partition coefficient (Wildman–Crippen LogP) is 1.99. The molecule has 0 fully saturated rings. The minimum Gasteiger partial charge on any atom is -0.507 e. The number of phenols is 1. The largest absolute Gasteiger partial charge is 0.507 e. The van der Waals surface area contributed by atoms with E-state index >= 15 is 0 Å². The van der Waals surface area contributed by atoms with Crippen LogP contribution in [0.25, 0.3) is 0 Å². The minimum absolute atomic E-state index is 0.0683. The average Bonchev–Trinajstić information content (AvgIpc) is 2.46. The Labute approximate surface area is 116 Å². The van der Waals surface area contributed by atoms with E-state index in [-0.39, 0.29) is 17.9 Å². The number of hydrogen-bond donors (Lipinski definition) is 3. The number of benzene rings is 2. The molecule has 0 aliphatic carbocycles. The van der Waals surface area contributed by atoms with Gasteiger partial charge in [-0.15, -0.1) is 0 Å². The summed E-state index contributed by atoms with van der Waals surface area (Å²) in [5.41, 5.74) is 1.47. The van der Waals surface area contributed by atoms with Crippen molar-refractivity contribution in [3.8, 4) is 17.6 Å². The van der Waals surface area contributed by atoms with Crippen LogP contribution in [-0.4, -0.2) is 22.7 Å². The van der Waals surface area contributed by atoms with Crippen LogP contribution in [0, 0.1) is 11.8 Å². The fraction of sp³-hybridized carbons (Fsp3) is 0.0625. The van der Waals surface area contributed by atoms with E-state index in [0.717, 1.165) is 0 Å². The first-order valence-electron chi connectivity index (χ1n) is 6.00. The Bertz CT molecular complexity index is 683. The van der Waals surface area contributed by atoms with Crippen LogP contribution in [0.4, 0.5) is 5.69 Å². The number of carbonyl (C=O) groups is 1. The number of aliphatic hydroxyl groups is 1. The molecule has 3 N–H and O–H groups in total. The quantitative estimate of drug-likeness (QED) is 0.729. The third-order valence-electron chi connectivity index (χ3n) is 2.58. The van der Waals surface area contributed by atoms with Gasteiger partial charge in [0.1, 0.15) is 12.4 Å². The molecule has 4 nitrogen and oxygen atoms in total. The van der Waals surface area contributed by atoms with Crippen molar-refractivity contribution in [2.75, 3.05) is 11.9 Å². The van der Waals surface area contributed by atoms with Crippen LogP contribution < -0.4 is 5.32 Å². The molecule has 0 atom stereocenters. The standard InChI is InChI=1S/C16H13NO3/c18-10-4-6-12-5-3-7-13(11-12)17-16(20)14-8-1-2-9-15(14)19/h1-3,5,7-9,11,18-19H,10H2,(H,17,20). The Hall–Kier alpha value is -2.77. The molecule has 0 bridgehead atoms. The molecular formula is C16H13NO3. The number of amides is 1. The Morgan fingerprint density at radius 1 is 1.15 bits per heavy atom. The molecule has 0 aliphatic rings. The molecule has 0 saturated carbocycles. The van der Waals surface area contributed by atoms with Crippen molar-refractivity contribution in [2.45, 2.75) is 0 Å². The summed E-state index contributed by atoms with van der Waals surface area (Å²) in [7, 11) is 0. The van der Waals surface area contributed by atoms with Crippen molar-refractivity contribution in [1.29, 1.82) is 0 Å². The van der Waals surface area contributed by atoms with E-state index < -0.39 is 5.91 Å². The van der Waals surface area contributed by atoms with Crippen LogP contribution in [-0.2, 0) is 0 Å². The fourth-order valence-electron chi connectivity index (χ4n) is 1.68. The second-order valence-corrected chi connectivity index (χ2v) is 4.01. The first-order chi connectivity index (χ1) is 9.70. The Kier molecular flexibility index (Phi) is 4.38. The molecule has 0 heterocycles. The molecule has 0 saturated heterocycles. The number of anilines is 1. The maximum Gasteiger partial charge on any atom is 0.259 e. The van der Waals surface area contributed by atoms with Gasteiger partial charge in [0.05, 0.1) is 5.56 Å². The van der Waals surface area contributed by atoms with Gasteiger partial charge in [0.2, 0.25) is 0 Å². The SMILES string of the molecule is O=C(Nc1cccc(C#CCO)c1)c1ccccc1O. The average molecular weight is 267 g/mol. The Morgan fingerprint density at radius 3 is 2.70 bits per heavy atom. The number of nitrogens with one attached hydrogen (secondary N) is 1. The zero-order valence-corrected chi connectivity index (χ0v) is 10.6. The molecule has 4 heteroatoms. The molecule has 0 unspecified atom stereocenters. The number of hydrogen-bond acceptors (Lipinski definition) is 3. The van der Waals surface area contributed by atoms with E-state index in [1.165, 1.54) is 6.07 Å². The van der Waals surface area contributed by atoms with Gasteiger partial charge in [-0.3, -0.25) is 4.79 Å². The van der Waals surface area contributed by atoms with Crippen molar-refractivity contribution in [1.82, 2.24) is 0 Å². The first-order valence-corrected chi connectivity index (χ1v) is 6.00. The number of carbonyl (C=O) groups excluding carboxylic acids is 1. The van der Waals surface area contributed by atoms with E-state index in [0.29, 0.717) is 11.3 Å². The highest BCUT2D eigenvalue weighted by Gasteiger charge is 2.10. The second kappa shape index (κ2) is 6.41. The van der Waals surface area contributed by atoms with E-state index in [4.69, 9.17) is 5.11 Å². The number of aliphatic hydroxyl groups excluding tert-OH is 1. The Balaban J connectivity index is 2.18. The van der Waals surface area contributed by atoms with Gasteiger partial charge >= 0.3 is 0 Å². The van der Waals surface area contributed by atoms with Gasteiger partial charge in [-0.1, -0.05) is 30.0 Å². The van der Waals surface area contributed by atoms with Gasteiger partial charge in [-0.25, -0.2) is 0 Å². The lowest BCUT2D eigenvalue weighted by Gasteiger charge is -2.06. The van der Waals surface area contributed by atoms with Gasteiger partial charge in [-0.2, -0.15) is 0 Å². The summed E-state index contributed by atoms with van der Waals surface area (Å²) in [4.78, 5) is 12.0. The summed E-state index contributed by atoms with van der Waals surface area (Å²) in [5.74, 6) is 4.84. The van der Waals surface area contributed by atoms with Crippen molar-refractivity contribution >= 4 is 11.6 Å². The summed E-state index contributed by atoms with van der Waals surface area (Å²) < 4.78 is 0. The third kappa shape index (κ3) is 3.37. The Morgan fingerprint density at radius 2 is 1.95 bits per heavy atom. The first kappa shape index (κ1) is 13.7. The lowest BCUT2D eigenvalue weighted by molar-refractivity contribution is 0.102. The van der Waals surface area contributed by atoms with Gasteiger partial charge in [0, 0.05) is 11.3 Å². The lowest BCUT2D eigenvalue weighted by Crippen LogP contribution is -2.11. The van der Waals surface area contributed by atoms with Gasteiger partial charge in [-0.05, 0) is 30.3 Å². The molecular weight excluding hydrogens is 254 g/mol. The maximum atomic E-state index is 12.0. The van der Waals surface area contributed by atoms with Gasteiger partial charge in [0.25, 0.3) is 5.91 Å². The smallest absolute Gasteiger partial charge is 0.259 e. The molecule has 100 valence electrons. The van der Waals surface area contributed by atoms with Crippen LogP contribution in [0.1, 0.15) is 15.9 Å². The fourth-order valence-corrected chi connectivity index (χ4v) is 1.68. The zero-order valence-electron chi connectivity index (χ0n) is 10.6. The van der Waals surface area contributed by atoms with Crippen LogP contribution in [0.15, 0.2) is 48.5 Å². The third-order valence-corrected chi connectivity index (χ3v) is 2.58. The van der Waals surface area contributed by atoms with E-state index in [1.54, 1.807) is 42.5 Å². The maximum absolute atomic E-state index is 12.0. The van der Waals surface area contributed by atoms with Crippen LogP contribution in [0.5, 0.6) is 5.75 Å². The molecule has 2 aromatic carbocycles. The normalized spacial score (nSPS) is 9.45. The van der Waals surface area contributed by atoms with Gasteiger partial charge in [0.15, 0.2) is 0 Å². The summed E-state index contributed by atoms with van der Waals surface area (Å²) in [6, 6.07) is 13.3. The zero-order chi connectivity index (χ0) is 14.4. The number of aromatic hydroxyl groups is 1. The van der Waals surface area contributed by atoms with Crippen LogP contribution in [0.3, 0.4) is 0 Å². The molecule has 0 spiro atoms. The highest BCUT2D eigenvalue weighted by Crippen LogP contribution is 2.18. The number of para-hydroxylation sites is 1. The topological polar surface area (TPSA) is 69.6 Å². The summed E-state index contributed by atoms with van der Waals surface area (Å²) in [6.07, 6.45) is 0. The monoisotopic (exact) mass is 267 g/mol. The van der Waals surface area contributed by atoms with E-state index in [1.807, 2.05) is 0 Å². The van der Waals surface area contributed by atoms with Crippen molar-refractivity contribution in [3.05, 3.63) is 59.7 Å². The minimum atomic E-state index is -0.393. The molecule has 2 rings (SSSR count). The predicted molar refractivity (Wildman–Crippen MR) is 76.5 cm³/mol. The van der Waals surface area contributed by atoms with Crippen molar-refractivity contribution in [3.63, 3.8) is 0 Å². The molecule has 1 amide bonds. The molecule has 2 aromatic rings. The summed E-state index contributed by atoms with van der Waals surface area (Å²) >= 11 is 0. The van der Waals surface area contributed by atoms with Crippen LogP contribution in [0.2, 0.25) is 0 Å². The highest BCUT2D eigenvalue weighted by atomic mass is 16.3. The summed E-state index contributed by atoms with van der Waals surface area (Å²) in [5, 5.41) is 21.0. The molecule has 20 heavy (non-hydrogen) atoms. The van der Waals surface area contributed by atoms with Crippen LogP contribution >= 0.6 is 0 Å². The molecule has 0 aliphatic heterocycles. The highest BCUT2D eigenvalue weighted by molar-refractivity contribution is 6.06. The number of rotatable bonds is 2. The molecule has 0 radical (unpaired) electrons. The van der Waals surface area contributed by atoms with Crippen molar-refractivity contribution in [2.24, 2.45) is 0 Å².